The Morgan fingerprint density at radius 3 is 3.11 bits per heavy atom. The zero-order chi connectivity index (χ0) is 19.1. The smallest absolute Gasteiger partial charge is 0.220 e. The molecule has 0 saturated carbocycles. The summed E-state index contributed by atoms with van der Waals surface area (Å²) >= 11 is 6.04. The number of carbonyl (C=O) groups excluding carboxylic acids is 1. The first-order valence-corrected chi connectivity index (χ1v) is 9.85. The molecule has 2 aromatic rings. The molecule has 0 fully saturated rings. The van der Waals surface area contributed by atoms with Crippen LogP contribution in [0.5, 0.6) is 0 Å². The SMILES string of the molecule is O=C(CC1CCn2cncc2C1)NCCN(CCO)Cc1cccc(Cl)c1. The Kier molecular flexibility index (Phi) is 7.26. The summed E-state index contributed by atoms with van der Waals surface area (Å²) in [5.74, 6) is 0.480. The molecule has 0 saturated heterocycles. The third-order valence-electron chi connectivity index (χ3n) is 5.01. The topological polar surface area (TPSA) is 70.4 Å². The van der Waals surface area contributed by atoms with E-state index in [0.29, 0.717) is 43.5 Å². The summed E-state index contributed by atoms with van der Waals surface area (Å²) in [4.78, 5) is 18.6. The summed E-state index contributed by atoms with van der Waals surface area (Å²) in [5.41, 5.74) is 2.32. The molecule has 0 bridgehead atoms. The molecule has 1 aromatic carbocycles. The number of nitrogens with zero attached hydrogens (tertiary/aromatic N) is 3. The lowest BCUT2D eigenvalue weighted by atomic mass is 9.93. The van der Waals surface area contributed by atoms with Crippen LogP contribution < -0.4 is 5.32 Å². The van der Waals surface area contributed by atoms with Crippen LogP contribution in [0.15, 0.2) is 36.8 Å². The van der Waals surface area contributed by atoms with Crippen molar-refractivity contribution in [3.05, 3.63) is 53.1 Å². The molecule has 2 N–H and O–H groups in total. The standard InChI is InChI=1S/C20H27ClN4O2/c21-18-3-1-2-17(10-18)14-24(8-9-26)7-5-23-20(27)12-16-4-6-25-15-22-13-19(25)11-16/h1-3,10,13,15-16,26H,4-9,11-12,14H2,(H,23,27). The molecule has 1 amide bonds. The molecule has 0 aliphatic carbocycles. The van der Waals surface area contributed by atoms with E-state index in [2.05, 4.69) is 19.8 Å². The third kappa shape index (κ3) is 6.06. The van der Waals surface area contributed by atoms with Gasteiger partial charge in [0.25, 0.3) is 0 Å². The summed E-state index contributed by atoms with van der Waals surface area (Å²) in [6.07, 6.45) is 6.24. The highest BCUT2D eigenvalue weighted by Crippen LogP contribution is 2.22. The van der Waals surface area contributed by atoms with E-state index in [1.165, 1.54) is 5.69 Å². The number of amides is 1. The van der Waals surface area contributed by atoms with Crippen molar-refractivity contribution < 1.29 is 9.90 Å². The summed E-state index contributed by atoms with van der Waals surface area (Å²) < 4.78 is 2.16. The lowest BCUT2D eigenvalue weighted by Crippen LogP contribution is -2.37. The number of carbonyl (C=O) groups is 1. The Labute approximate surface area is 165 Å². The minimum Gasteiger partial charge on any atom is -0.395 e. The van der Waals surface area contributed by atoms with E-state index in [4.69, 9.17) is 11.6 Å². The molecule has 27 heavy (non-hydrogen) atoms. The molecule has 0 radical (unpaired) electrons. The van der Waals surface area contributed by atoms with Crippen molar-refractivity contribution in [1.82, 2.24) is 19.8 Å². The van der Waals surface area contributed by atoms with Crippen LogP contribution in [0.1, 0.15) is 24.1 Å². The van der Waals surface area contributed by atoms with Gasteiger partial charge in [-0.2, -0.15) is 0 Å². The molecule has 3 rings (SSSR count). The number of hydrogen-bond acceptors (Lipinski definition) is 4. The zero-order valence-electron chi connectivity index (χ0n) is 15.5. The van der Waals surface area contributed by atoms with E-state index in [9.17, 15) is 9.90 Å². The Bertz CT molecular complexity index is 749. The van der Waals surface area contributed by atoms with Crippen molar-refractivity contribution in [1.29, 1.82) is 0 Å². The first-order chi connectivity index (χ1) is 13.1. The quantitative estimate of drug-likeness (QED) is 0.688. The predicted octanol–water partition coefficient (Wildman–Crippen LogP) is 2.10. The van der Waals surface area contributed by atoms with Gasteiger partial charge >= 0.3 is 0 Å². The fourth-order valence-electron chi connectivity index (χ4n) is 3.61. The van der Waals surface area contributed by atoms with Crippen molar-refractivity contribution in [2.75, 3.05) is 26.2 Å². The van der Waals surface area contributed by atoms with E-state index in [-0.39, 0.29) is 12.5 Å². The maximum Gasteiger partial charge on any atom is 0.220 e. The zero-order valence-corrected chi connectivity index (χ0v) is 16.2. The van der Waals surface area contributed by atoms with Gasteiger partial charge in [-0.15, -0.1) is 0 Å². The third-order valence-corrected chi connectivity index (χ3v) is 5.25. The van der Waals surface area contributed by atoms with Gasteiger partial charge in [-0.1, -0.05) is 23.7 Å². The molecule has 0 spiro atoms. The Morgan fingerprint density at radius 2 is 2.30 bits per heavy atom. The van der Waals surface area contributed by atoms with Crippen LogP contribution in [0.4, 0.5) is 0 Å². The van der Waals surface area contributed by atoms with Gasteiger partial charge < -0.3 is 15.0 Å². The number of hydrogen-bond donors (Lipinski definition) is 2. The van der Waals surface area contributed by atoms with E-state index in [0.717, 1.165) is 24.9 Å². The second kappa shape index (κ2) is 9.88. The highest BCUT2D eigenvalue weighted by atomic mass is 35.5. The predicted molar refractivity (Wildman–Crippen MR) is 105 cm³/mol. The number of aliphatic hydroxyl groups is 1. The summed E-state index contributed by atoms with van der Waals surface area (Å²) in [7, 11) is 0. The maximum absolute atomic E-state index is 12.3. The van der Waals surface area contributed by atoms with Gasteiger partial charge in [0, 0.05) is 56.1 Å². The molecule has 1 unspecified atom stereocenters. The molecule has 7 heteroatoms. The number of benzene rings is 1. The monoisotopic (exact) mass is 390 g/mol. The van der Waals surface area contributed by atoms with Crippen LogP contribution in [0.25, 0.3) is 0 Å². The largest absolute Gasteiger partial charge is 0.395 e. The molecule has 1 aliphatic heterocycles. The molecular weight excluding hydrogens is 364 g/mol. The van der Waals surface area contributed by atoms with Crippen LogP contribution in [0, 0.1) is 5.92 Å². The van der Waals surface area contributed by atoms with Gasteiger partial charge in [0.15, 0.2) is 0 Å². The molecular formula is C20H27ClN4O2. The van der Waals surface area contributed by atoms with Crippen LogP contribution in [-0.2, 0) is 24.3 Å². The number of fused-ring (bicyclic) bond motifs is 1. The molecule has 1 aromatic heterocycles. The number of aliphatic hydroxyl groups excluding tert-OH is 1. The maximum atomic E-state index is 12.3. The Morgan fingerprint density at radius 1 is 1.41 bits per heavy atom. The molecule has 146 valence electrons. The van der Waals surface area contributed by atoms with E-state index in [1.807, 2.05) is 36.8 Å². The Hall–Kier alpha value is -1.89. The first-order valence-electron chi connectivity index (χ1n) is 9.47. The summed E-state index contributed by atoms with van der Waals surface area (Å²) in [5, 5.41) is 13.0. The van der Waals surface area contributed by atoms with Crippen LogP contribution >= 0.6 is 11.6 Å². The number of nitrogens with one attached hydrogen (secondary N) is 1. The van der Waals surface area contributed by atoms with Crippen LogP contribution in [-0.4, -0.2) is 51.7 Å². The molecule has 1 aliphatic rings. The average molecular weight is 391 g/mol. The van der Waals surface area contributed by atoms with Crippen molar-refractivity contribution in [2.45, 2.75) is 32.4 Å². The minimum atomic E-state index is 0.0876. The number of halogens is 1. The van der Waals surface area contributed by atoms with Gasteiger partial charge in [0.1, 0.15) is 0 Å². The van der Waals surface area contributed by atoms with Gasteiger partial charge in [0.05, 0.1) is 12.9 Å². The fraction of sp³-hybridized carbons (Fsp3) is 0.500. The number of aromatic nitrogens is 2. The number of rotatable bonds is 9. The molecule has 1 atom stereocenters. The number of imidazole rings is 1. The van der Waals surface area contributed by atoms with Crippen molar-refractivity contribution in [3.8, 4) is 0 Å². The highest BCUT2D eigenvalue weighted by Gasteiger charge is 2.21. The van der Waals surface area contributed by atoms with E-state index in [1.54, 1.807) is 0 Å². The highest BCUT2D eigenvalue weighted by molar-refractivity contribution is 6.30. The lowest BCUT2D eigenvalue weighted by Gasteiger charge is -2.24. The lowest BCUT2D eigenvalue weighted by molar-refractivity contribution is -0.122. The van der Waals surface area contributed by atoms with Crippen molar-refractivity contribution in [3.63, 3.8) is 0 Å². The fourth-order valence-corrected chi connectivity index (χ4v) is 3.82. The normalized spacial score (nSPS) is 16.3. The summed E-state index contributed by atoms with van der Waals surface area (Å²) in [6.45, 7) is 3.56. The average Bonchev–Trinajstić information content (AvgIpc) is 3.09. The van der Waals surface area contributed by atoms with E-state index >= 15 is 0 Å². The summed E-state index contributed by atoms with van der Waals surface area (Å²) in [6, 6.07) is 7.72. The van der Waals surface area contributed by atoms with Crippen molar-refractivity contribution in [2.24, 2.45) is 5.92 Å². The van der Waals surface area contributed by atoms with Gasteiger partial charge in [-0.25, -0.2) is 4.98 Å². The molecule has 6 nitrogen and oxygen atoms in total. The number of aryl methyl sites for hydroxylation is 1. The van der Waals surface area contributed by atoms with Gasteiger partial charge in [0.2, 0.25) is 5.91 Å². The second-order valence-corrected chi connectivity index (χ2v) is 7.56. The first kappa shape index (κ1) is 19.9. The van der Waals surface area contributed by atoms with Crippen LogP contribution in [0.3, 0.4) is 0 Å². The van der Waals surface area contributed by atoms with Gasteiger partial charge in [-0.05, 0) is 36.5 Å². The van der Waals surface area contributed by atoms with Crippen molar-refractivity contribution >= 4 is 17.5 Å². The second-order valence-electron chi connectivity index (χ2n) is 7.12. The minimum absolute atomic E-state index is 0.0876. The Balaban J connectivity index is 1.41. The van der Waals surface area contributed by atoms with Crippen LogP contribution in [0.2, 0.25) is 5.02 Å². The van der Waals surface area contributed by atoms with Gasteiger partial charge in [-0.3, -0.25) is 9.69 Å². The van der Waals surface area contributed by atoms with E-state index < -0.39 is 0 Å². The molecule has 2 heterocycles.